The van der Waals surface area contributed by atoms with Crippen LogP contribution in [0.2, 0.25) is 0 Å². The number of nitrogens with zero attached hydrogens (tertiary/aromatic N) is 1. The molecule has 0 heterocycles. The number of nitrogens with one attached hydrogen (secondary N) is 2. The highest BCUT2D eigenvalue weighted by atomic mass is 127. The number of hydrogen-bond donors (Lipinski definition) is 2. The van der Waals surface area contributed by atoms with Gasteiger partial charge in [-0.15, -0.1) is 0 Å². The maximum atomic E-state index is 12.9. The molecule has 2 N–H and O–H groups in total. The molecule has 10 heteroatoms. The van der Waals surface area contributed by atoms with Crippen LogP contribution < -0.4 is 19.6 Å². The minimum absolute atomic E-state index is 0.0950. The van der Waals surface area contributed by atoms with Crippen LogP contribution >= 0.6 is 22.6 Å². The minimum atomic E-state index is -3.89. The van der Waals surface area contributed by atoms with Crippen LogP contribution in [0.1, 0.15) is 37.5 Å². The molecule has 0 fully saturated rings. The number of amides is 1. The fourth-order valence-corrected chi connectivity index (χ4v) is 5.61. The van der Waals surface area contributed by atoms with Gasteiger partial charge in [0.25, 0.3) is 5.91 Å². The molecule has 202 valence electrons. The van der Waals surface area contributed by atoms with Crippen molar-refractivity contribution in [1.82, 2.24) is 10.1 Å². The molecule has 0 aliphatic heterocycles. The summed E-state index contributed by atoms with van der Waals surface area (Å²) in [6, 6.07) is 18.9. The number of sulfonamides is 1. The average Bonchev–Trinajstić information content (AvgIpc) is 2.87. The maximum Gasteiger partial charge on any atom is 0.258 e. The second-order valence-electron chi connectivity index (χ2n) is 8.93. The SMILES string of the molecule is CCOc1cc(/C=N\NC(=O)[C@@H](NS(=O)(=O)c2ccc(C)cc2)C(C)C)cc(I)c1OCc1ccccc1. The van der Waals surface area contributed by atoms with Crippen molar-refractivity contribution >= 4 is 44.7 Å². The third-order valence-corrected chi connectivity index (χ3v) is 7.77. The van der Waals surface area contributed by atoms with Crippen LogP contribution in [0.15, 0.2) is 76.7 Å². The molecular weight excluding hydrogens is 617 g/mol. The predicted octanol–water partition coefficient (Wildman–Crippen LogP) is 5.03. The molecule has 3 rings (SSSR count). The number of benzene rings is 3. The number of rotatable bonds is 12. The Labute approximate surface area is 238 Å². The van der Waals surface area contributed by atoms with Crippen molar-refractivity contribution < 1.29 is 22.7 Å². The molecule has 0 aliphatic rings. The van der Waals surface area contributed by atoms with Gasteiger partial charge in [-0.2, -0.15) is 9.82 Å². The van der Waals surface area contributed by atoms with Crippen molar-refractivity contribution in [3.8, 4) is 11.5 Å². The van der Waals surface area contributed by atoms with Crippen LogP contribution in [0.5, 0.6) is 11.5 Å². The molecule has 3 aromatic carbocycles. The quantitative estimate of drug-likeness (QED) is 0.163. The number of carbonyl (C=O) groups excluding carboxylic acids is 1. The first-order valence-corrected chi connectivity index (χ1v) is 14.7. The summed E-state index contributed by atoms with van der Waals surface area (Å²) in [6.07, 6.45) is 1.48. The van der Waals surface area contributed by atoms with Crippen molar-refractivity contribution in [3.05, 3.63) is 87.0 Å². The van der Waals surface area contributed by atoms with E-state index in [0.29, 0.717) is 30.3 Å². The lowest BCUT2D eigenvalue weighted by molar-refractivity contribution is -0.123. The van der Waals surface area contributed by atoms with E-state index in [1.54, 1.807) is 32.0 Å². The van der Waals surface area contributed by atoms with E-state index >= 15 is 0 Å². The van der Waals surface area contributed by atoms with Crippen molar-refractivity contribution in [2.24, 2.45) is 11.0 Å². The van der Waals surface area contributed by atoms with E-state index in [1.165, 1.54) is 18.3 Å². The lowest BCUT2D eigenvalue weighted by Crippen LogP contribution is -2.48. The molecule has 3 aromatic rings. The summed E-state index contributed by atoms with van der Waals surface area (Å²) in [7, 11) is -3.89. The monoisotopic (exact) mass is 649 g/mol. The molecule has 0 radical (unpaired) electrons. The van der Waals surface area contributed by atoms with E-state index in [-0.39, 0.29) is 10.8 Å². The van der Waals surface area contributed by atoms with Crippen LogP contribution in [-0.4, -0.2) is 33.2 Å². The summed E-state index contributed by atoms with van der Waals surface area (Å²) in [5, 5.41) is 4.07. The molecule has 0 saturated carbocycles. The predicted molar refractivity (Wildman–Crippen MR) is 157 cm³/mol. The Balaban J connectivity index is 1.71. The van der Waals surface area contributed by atoms with Gasteiger partial charge in [-0.1, -0.05) is 61.9 Å². The molecule has 0 aliphatic carbocycles. The largest absolute Gasteiger partial charge is 0.490 e. The van der Waals surface area contributed by atoms with Gasteiger partial charge in [0.2, 0.25) is 10.0 Å². The molecule has 0 aromatic heterocycles. The lowest BCUT2D eigenvalue weighted by atomic mass is 10.1. The molecule has 1 atom stereocenters. The van der Waals surface area contributed by atoms with Crippen molar-refractivity contribution in [3.63, 3.8) is 0 Å². The van der Waals surface area contributed by atoms with Gasteiger partial charge in [-0.3, -0.25) is 4.79 Å². The van der Waals surface area contributed by atoms with Crippen LogP contribution in [-0.2, 0) is 21.4 Å². The van der Waals surface area contributed by atoms with Gasteiger partial charge in [0.05, 0.1) is 21.3 Å². The summed E-state index contributed by atoms with van der Waals surface area (Å²) in [6.45, 7) is 8.13. The van der Waals surface area contributed by atoms with E-state index in [4.69, 9.17) is 9.47 Å². The van der Waals surface area contributed by atoms with Crippen LogP contribution in [0.3, 0.4) is 0 Å². The highest BCUT2D eigenvalue weighted by molar-refractivity contribution is 14.1. The fraction of sp³-hybridized carbons (Fsp3) is 0.286. The summed E-state index contributed by atoms with van der Waals surface area (Å²) < 4.78 is 40.8. The molecule has 0 spiro atoms. The topological polar surface area (TPSA) is 106 Å². The maximum absolute atomic E-state index is 12.9. The Kier molecular flexibility index (Phi) is 10.7. The Morgan fingerprint density at radius 2 is 1.74 bits per heavy atom. The van der Waals surface area contributed by atoms with Crippen molar-refractivity contribution in [2.45, 2.75) is 45.2 Å². The number of aryl methyl sites for hydroxylation is 1. The number of carbonyl (C=O) groups is 1. The van der Waals surface area contributed by atoms with Crippen LogP contribution in [0.4, 0.5) is 0 Å². The number of ether oxygens (including phenoxy) is 2. The van der Waals surface area contributed by atoms with Gasteiger partial charge in [-0.25, -0.2) is 13.8 Å². The normalized spacial score (nSPS) is 12.5. The first-order chi connectivity index (χ1) is 18.1. The molecule has 8 nitrogen and oxygen atoms in total. The van der Waals surface area contributed by atoms with Gasteiger partial charge in [-0.05, 0) is 77.7 Å². The third-order valence-electron chi connectivity index (χ3n) is 5.51. The first kappa shape index (κ1) is 29.6. The Hall–Kier alpha value is -2.96. The Bertz CT molecular complexity index is 1360. The second kappa shape index (κ2) is 13.7. The zero-order chi connectivity index (χ0) is 27.7. The molecule has 0 unspecified atom stereocenters. The van der Waals surface area contributed by atoms with Gasteiger partial charge < -0.3 is 9.47 Å². The van der Waals surface area contributed by atoms with E-state index in [0.717, 1.165) is 14.7 Å². The van der Waals surface area contributed by atoms with E-state index in [9.17, 15) is 13.2 Å². The zero-order valence-electron chi connectivity index (χ0n) is 21.8. The summed E-state index contributed by atoms with van der Waals surface area (Å²) >= 11 is 2.17. The standard InChI is InChI=1S/C28H32IN3O5S/c1-5-36-25-16-22(15-24(29)27(25)37-18-21-9-7-6-8-10-21)17-30-31-28(33)26(19(2)3)32-38(34,35)23-13-11-20(4)12-14-23/h6-17,19,26,32H,5,18H2,1-4H3,(H,31,33)/b30-17-/t26-/m0/s1. The molecule has 1 amide bonds. The van der Waals surface area contributed by atoms with Gasteiger partial charge in [0, 0.05) is 0 Å². The lowest BCUT2D eigenvalue weighted by Gasteiger charge is -2.20. The molecule has 0 bridgehead atoms. The van der Waals surface area contributed by atoms with Crippen LogP contribution in [0, 0.1) is 16.4 Å². The highest BCUT2D eigenvalue weighted by Crippen LogP contribution is 2.34. The fourth-order valence-electron chi connectivity index (χ4n) is 3.48. The smallest absolute Gasteiger partial charge is 0.258 e. The first-order valence-electron chi connectivity index (χ1n) is 12.2. The number of hydrazone groups is 1. The van der Waals surface area contributed by atoms with Crippen molar-refractivity contribution in [1.29, 1.82) is 0 Å². The summed E-state index contributed by atoms with van der Waals surface area (Å²) in [5.41, 5.74) is 5.12. The van der Waals surface area contributed by atoms with E-state index in [2.05, 4.69) is 37.8 Å². The van der Waals surface area contributed by atoms with Crippen molar-refractivity contribution in [2.75, 3.05) is 6.61 Å². The molecule has 0 saturated heterocycles. The van der Waals surface area contributed by atoms with E-state index in [1.807, 2.05) is 50.2 Å². The van der Waals surface area contributed by atoms with Crippen LogP contribution in [0.25, 0.3) is 0 Å². The average molecular weight is 650 g/mol. The van der Waals surface area contributed by atoms with Gasteiger partial charge in [0.1, 0.15) is 12.6 Å². The number of halogens is 1. The highest BCUT2D eigenvalue weighted by Gasteiger charge is 2.28. The zero-order valence-corrected chi connectivity index (χ0v) is 24.7. The minimum Gasteiger partial charge on any atom is -0.490 e. The van der Waals surface area contributed by atoms with Gasteiger partial charge in [0.15, 0.2) is 11.5 Å². The molecular formula is C28H32IN3O5S. The second-order valence-corrected chi connectivity index (χ2v) is 11.8. The molecule has 38 heavy (non-hydrogen) atoms. The third kappa shape index (κ3) is 8.27. The number of hydrogen-bond acceptors (Lipinski definition) is 6. The summed E-state index contributed by atoms with van der Waals surface area (Å²) in [5.74, 6) is 0.323. The summed E-state index contributed by atoms with van der Waals surface area (Å²) in [4.78, 5) is 12.9. The Morgan fingerprint density at radius 3 is 2.37 bits per heavy atom. The Morgan fingerprint density at radius 1 is 1.05 bits per heavy atom. The van der Waals surface area contributed by atoms with Gasteiger partial charge >= 0.3 is 0 Å². The van der Waals surface area contributed by atoms with E-state index < -0.39 is 22.0 Å².